The first-order valence-electron chi connectivity index (χ1n) is 7.70. The number of rotatable bonds is 4. The van der Waals surface area contributed by atoms with Gasteiger partial charge in [-0.1, -0.05) is 13.3 Å². The molecular formula is C17H22N2O3. The van der Waals surface area contributed by atoms with Crippen LogP contribution in [-0.4, -0.2) is 31.7 Å². The van der Waals surface area contributed by atoms with Crippen molar-refractivity contribution in [3.63, 3.8) is 0 Å². The summed E-state index contributed by atoms with van der Waals surface area (Å²) >= 11 is 0. The molecule has 2 heterocycles. The molecule has 0 saturated heterocycles. The topological polar surface area (TPSA) is 63.3 Å². The van der Waals surface area contributed by atoms with Crippen LogP contribution in [0.1, 0.15) is 43.0 Å². The van der Waals surface area contributed by atoms with Crippen molar-refractivity contribution in [2.45, 2.75) is 31.7 Å². The Labute approximate surface area is 130 Å². The van der Waals surface area contributed by atoms with Crippen LogP contribution in [0.4, 0.5) is 0 Å². The van der Waals surface area contributed by atoms with E-state index in [2.05, 4.69) is 17.2 Å². The largest absolute Gasteiger partial charge is 0.497 e. The third-order valence-corrected chi connectivity index (χ3v) is 4.42. The molecule has 2 N–H and O–H groups in total. The Bertz CT molecular complexity index is 693. The van der Waals surface area contributed by atoms with Gasteiger partial charge >= 0.3 is 5.97 Å². The normalized spacial score (nSPS) is 20.7. The molecule has 0 spiro atoms. The van der Waals surface area contributed by atoms with Crippen LogP contribution in [0.2, 0.25) is 0 Å². The molecule has 0 aliphatic carbocycles. The Morgan fingerprint density at radius 1 is 1.36 bits per heavy atom. The number of ether oxygens (including phenoxy) is 2. The van der Waals surface area contributed by atoms with Crippen molar-refractivity contribution in [1.29, 1.82) is 0 Å². The second kappa shape index (κ2) is 6.01. The zero-order valence-electron chi connectivity index (χ0n) is 13.2. The van der Waals surface area contributed by atoms with Crippen LogP contribution in [0.15, 0.2) is 18.2 Å². The highest BCUT2D eigenvalue weighted by Crippen LogP contribution is 2.39. The first-order chi connectivity index (χ1) is 10.7. The monoisotopic (exact) mass is 302 g/mol. The van der Waals surface area contributed by atoms with E-state index in [0.29, 0.717) is 5.92 Å². The van der Waals surface area contributed by atoms with Crippen molar-refractivity contribution in [3.8, 4) is 5.75 Å². The van der Waals surface area contributed by atoms with E-state index < -0.39 is 6.04 Å². The second-order valence-electron chi connectivity index (χ2n) is 5.71. The number of H-pyrrole nitrogens is 1. The highest BCUT2D eigenvalue weighted by atomic mass is 16.5. The lowest BCUT2D eigenvalue weighted by atomic mass is 9.86. The van der Waals surface area contributed by atoms with Crippen LogP contribution in [0.25, 0.3) is 10.9 Å². The number of carbonyl (C=O) groups is 1. The Kier molecular flexibility index (Phi) is 4.07. The van der Waals surface area contributed by atoms with Crippen molar-refractivity contribution in [2.24, 2.45) is 0 Å². The summed E-state index contributed by atoms with van der Waals surface area (Å²) in [5.74, 6) is 0.967. The highest BCUT2D eigenvalue weighted by Gasteiger charge is 2.34. The fraction of sp³-hybridized carbons (Fsp3) is 0.471. The van der Waals surface area contributed by atoms with E-state index >= 15 is 0 Å². The quantitative estimate of drug-likeness (QED) is 0.853. The average Bonchev–Trinajstić information content (AvgIpc) is 2.93. The molecule has 2 unspecified atom stereocenters. The summed E-state index contributed by atoms with van der Waals surface area (Å²) in [7, 11) is 3.09. The molecule has 3 rings (SSSR count). The molecule has 0 fully saturated rings. The smallest absolute Gasteiger partial charge is 0.329 e. The number of fused-ring (bicyclic) bond motifs is 3. The van der Waals surface area contributed by atoms with Gasteiger partial charge in [-0.2, -0.15) is 0 Å². The van der Waals surface area contributed by atoms with Gasteiger partial charge in [-0.15, -0.1) is 0 Å². The van der Waals surface area contributed by atoms with Gasteiger partial charge < -0.3 is 14.5 Å². The maximum atomic E-state index is 12.1. The van der Waals surface area contributed by atoms with Crippen molar-refractivity contribution in [1.82, 2.24) is 10.3 Å². The summed E-state index contributed by atoms with van der Waals surface area (Å²) in [6.45, 7) is 2.96. The van der Waals surface area contributed by atoms with Crippen LogP contribution in [0.3, 0.4) is 0 Å². The minimum Gasteiger partial charge on any atom is -0.497 e. The number of aromatic nitrogens is 1. The molecule has 0 amide bonds. The molecule has 5 heteroatoms. The van der Waals surface area contributed by atoms with Gasteiger partial charge in [0.2, 0.25) is 0 Å². The maximum absolute atomic E-state index is 12.1. The van der Waals surface area contributed by atoms with E-state index in [-0.39, 0.29) is 5.97 Å². The third-order valence-electron chi connectivity index (χ3n) is 4.42. The minimum atomic E-state index is -0.425. The van der Waals surface area contributed by atoms with Crippen molar-refractivity contribution in [2.75, 3.05) is 20.8 Å². The van der Waals surface area contributed by atoms with Gasteiger partial charge in [-0.05, 0) is 36.1 Å². The molecule has 1 aliphatic rings. The summed E-state index contributed by atoms with van der Waals surface area (Å²) in [5, 5.41) is 4.46. The zero-order valence-corrected chi connectivity index (χ0v) is 13.2. The summed E-state index contributed by atoms with van der Waals surface area (Å²) in [6.07, 6.45) is 2.18. The van der Waals surface area contributed by atoms with Gasteiger partial charge in [0, 0.05) is 23.1 Å². The van der Waals surface area contributed by atoms with Crippen LogP contribution in [0.5, 0.6) is 5.75 Å². The molecule has 1 aliphatic heterocycles. The summed E-state index contributed by atoms with van der Waals surface area (Å²) in [6, 6.07) is 5.56. The molecule has 1 aromatic carbocycles. The lowest BCUT2D eigenvalue weighted by Gasteiger charge is -2.29. The van der Waals surface area contributed by atoms with Crippen LogP contribution >= 0.6 is 0 Å². The van der Waals surface area contributed by atoms with Crippen molar-refractivity contribution < 1.29 is 14.3 Å². The van der Waals surface area contributed by atoms with Gasteiger partial charge in [0.1, 0.15) is 11.8 Å². The zero-order chi connectivity index (χ0) is 15.7. The summed E-state index contributed by atoms with van der Waals surface area (Å²) < 4.78 is 10.3. The van der Waals surface area contributed by atoms with E-state index in [0.717, 1.165) is 41.7 Å². The predicted molar refractivity (Wildman–Crippen MR) is 85.3 cm³/mol. The van der Waals surface area contributed by atoms with E-state index in [1.165, 1.54) is 12.7 Å². The predicted octanol–water partition coefficient (Wildman–Crippen LogP) is 2.88. The number of aromatic amines is 1. The van der Waals surface area contributed by atoms with E-state index in [9.17, 15) is 4.79 Å². The molecule has 22 heavy (non-hydrogen) atoms. The molecular weight excluding hydrogens is 280 g/mol. The van der Waals surface area contributed by atoms with Gasteiger partial charge in [0.15, 0.2) is 0 Å². The molecule has 0 bridgehead atoms. The average molecular weight is 302 g/mol. The summed E-state index contributed by atoms with van der Waals surface area (Å²) in [5.41, 5.74) is 3.19. The third kappa shape index (κ3) is 2.35. The standard InChI is InChI=1S/C17H22N2O3/c1-4-5-10-9-18-16(17(20)22-3)15-14(10)12-8-11(21-2)6-7-13(12)19-15/h6-8,10,16,18-19H,4-5,9H2,1-3H3. The lowest BCUT2D eigenvalue weighted by Crippen LogP contribution is -2.38. The SMILES string of the molecule is CCCC1CNC(C(=O)OC)c2[nH]c3ccc(OC)cc3c21. The number of benzene rings is 1. The number of nitrogens with one attached hydrogen (secondary N) is 2. The Hall–Kier alpha value is -2.01. The molecule has 2 atom stereocenters. The number of methoxy groups -OCH3 is 2. The Balaban J connectivity index is 2.17. The van der Waals surface area contributed by atoms with E-state index in [4.69, 9.17) is 9.47 Å². The molecule has 1 aromatic heterocycles. The lowest BCUT2D eigenvalue weighted by molar-refractivity contribution is -0.143. The Morgan fingerprint density at radius 2 is 2.18 bits per heavy atom. The van der Waals surface area contributed by atoms with Gasteiger partial charge in [0.25, 0.3) is 0 Å². The van der Waals surface area contributed by atoms with Gasteiger partial charge in [-0.3, -0.25) is 5.32 Å². The van der Waals surface area contributed by atoms with Crippen molar-refractivity contribution in [3.05, 3.63) is 29.5 Å². The van der Waals surface area contributed by atoms with Gasteiger partial charge in [0.05, 0.1) is 14.2 Å². The number of esters is 1. The summed E-state index contributed by atoms with van der Waals surface area (Å²) in [4.78, 5) is 15.5. The second-order valence-corrected chi connectivity index (χ2v) is 5.71. The van der Waals surface area contributed by atoms with Crippen molar-refractivity contribution >= 4 is 16.9 Å². The van der Waals surface area contributed by atoms with E-state index in [1.807, 2.05) is 18.2 Å². The fourth-order valence-corrected chi connectivity index (χ4v) is 3.39. The molecule has 2 aromatic rings. The number of carbonyl (C=O) groups excluding carboxylic acids is 1. The molecule has 5 nitrogen and oxygen atoms in total. The first-order valence-corrected chi connectivity index (χ1v) is 7.70. The Morgan fingerprint density at radius 3 is 2.86 bits per heavy atom. The van der Waals surface area contributed by atoms with Gasteiger partial charge in [-0.25, -0.2) is 4.79 Å². The first kappa shape index (κ1) is 14.9. The van der Waals surface area contributed by atoms with E-state index in [1.54, 1.807) is 7.11 Å². The minimum absolute atomic E-state index is 0.255. The highest BCUT2D eigenvalue weighted by molar-refractivity contribution is 5.90. The molecule has 118 valence electrons. The number of hydrogen-bond donors (Lipinski definition) is 2. The molecule has 0 radical (unpaired) electrons. The van der Waals surface area contributed by atoms with Crippen LogP contribution < -0.4 is 10.1 Å². The molecule has 0 saturated carbocycles. The van der Waals surface area contributed by atoms with Crippen LogP contribution in [0, 0.1) is 0 Å². The van der Waals surface area contributed by atoms with Crippen LogP contribution in [-0.2, 0) is 9.53 Å². The number of hydrogen-bond acceptors (Lipinski definition) is 4. The fourth-order valence-electron chi connectivity index (χ4n) is 3.39. The maximum Gasteiger partial charge on any atom is 0.329 e.